The molecule has 112 valence electrons. The summed E-state index contributed by atoms with van der Waals surface area (Å²) >= 11 is 0. The fraction of sp³-hybridized carbons (Fsp3) is 0.562. The minimum Gasteiger partial charge on any atom is -0.493 e. The number of aryl methyl sites for hydroxylation is 1. The molecule has 20 heavy (non-hydrogen) atoms. The number of hydrogen-bond acceptors (Lipinski definition) is 3. The van der Waals surface area contributed by atoms with Crippen LogP contribution in [0.5, 0.6) is 5.75 Å². The van der Waals surface area contributed by atoms with Crippen LogP contribution in [0.15, 0.2) is 24.3 Å². The van der Waals surface area contributed by atoms with Crippen LogP contribution in [0.1, 0.15) is 31.7 Å². The van der Waals surface area contributed by atoms with Gasteiger partial charge in [0.15, 0.2) is 0 Å². The monoisotopic (exact) mass is 278 g/mol. The van der Waals surface area contributed by atoms with Crippen LogP contribution in [-0.4, -0.2) is 37.6 Å². The number of ether oxygens (including phenoxy) is 1. The predicted molar refractivity (Wildman–Crippen MR) is 81.9 cm³/mol. The largest absolute Gasteiger partial charge is 0.493 e. The fourth-order valence-corrected chi connectivity index (χ4v) is 1.94. The van der Waals surface area contributed by atoms with Crippen LogP contribution in [0.3, 0.4) is 0 Å². The Morgan fingerprint density at radius 2 is 2.00 bits per heavy atom. The highest BCUT2D eigenvalue weighted by atomic mass is 16.5. The van der Waals surface area contributed by atoms with E-state index in [1.54, 1.807) is 11.9 Å². The number of nitrogens with two attached hydrogens (primary N) is 1. The molecule has 0 radical (unpaired) electrons. The Kier molecular flexibility index (Phi) is 7.73. The maximum Gasteiger partial charge on any atom is 0.225 e. The van der Waals surface area contributed by atoms with Gasteiger partial charge in [0.2, 0.25) is 5.91 Å². The summed E-state index contributed by atoms with van der Waals surface area (Å²) in [6.07, 6.45) is 3.47. The highest BCUT2D eigenvalue weighted by Gasteiger charge is 2.07. The van der Waals surface area contributed by atoms with Gasteiger partial charge in [-0.1, -0.05) is 25.5 Å². The number of rotatable bonds is 9. The summed E-state index contributed by atoms with van der Waals surface area (Å²) in [6, 6.07) is 8.09. The van der Waals surface area contributed by atoms with Crippen molar-refractivity contribution in [3.8, 4) is 5.75 Å². The normalized spacial score (nSPS) is 10.3. The van der Waals surface area contributed by atoms with Gasteiger partial charge in [-0.05, 0) is 37.1 Å². The van der Waals surface area contributed by atoms with Gasteiger partial charge in [0.25, 0.3) is 0 Å². The van der Waals surface area contributed by atoms with E-state index < -0.39 is 0 Å². The number of carbonyl (C=O) groups is 1. The summed E-state index contributed by atoms with van der Waals surface area (Å²) in [6.45, 7) is 3.90. The van der Waals surface area contributed by atoms with Crippen molar-refractivity contribution in [3.63, 3.8) is 0 Å². The van der Waals surface area contributed by atoms with Crippen molar-refractivity contribution in [2.45, 2.75) is 32.6 Å². The summed E-state index contributed by atoms with van der Waals surface area (Å²) in [5.41, 5.74) is 6.74. The topological polar surface area (TPSA) is 55.6 Å². The summed E-state index contributed by atoms with van der Waals surface area (Å²) in [4.78, 5) is 13.5. The average Bonchev–Trinajstić information content (AvgIpc) is 2.46. The van der Waals surface area contributed by atoms with Crippen LogP contribution in [0.4, 0.5) is 0 Å². The van der Waals surface area contributed by atoms with Crippen molar-refractivity contribution in [2.24, 2.45) is 5.73 Å². The molecule has 4 heteroatoms. The second-order valence-electron chi connectivity index (χ2n) is 4.95. The third-order valence-corrected chi connectivity index (χ3v) is 3.17. The molecule has 1 aromatic rings. The fourth-order valence-electron chi connectivity index (χ4n) is 1.94. The van der Waals surface area contributed by atoms with Gasteiger partial charge in [0.1, 0.15) is 5.75 Å². The second-order valence-corrected chi connectivity index (χ2v) is 4.95. The Bertz CT molecular complexity index is 390. The van der Waals surface area contributed by atoms with Crippen molar-refractivity contribution < 1.29 is 9.53 Å². The standard InChI is InChI=1S/C16H26N2O2/c1-3-5-14-6-8-15(9-7-14)20-13-10-16(19)18(2)12-4-11-17/h6-9H,3-5,10-13,17H2,1-2H3. The molecule has 0 unspecified atom stereocenters. The number of hydrogen-bond donors (Lipinski definition) is 1. The molecule has 0 fully saturated rings. The first kappa shape index (κ1) is 16.5. The van der Waals surface area contributed by atoms with E-state index >= 15 is 0 Å². The van der Waals surface area contributed by atoms with Crippen LogP contribution >= 0.6 is 0 Å². The lowest BCUT2D eigenvalue weighted by Crippen LogP contribution is -2.29. The quantitative estimate of drug-likeness (QED) is 0.753. The molecule has 0 saturated carbocycles. The lowest BCUT2D eigenvalue weighted by molar-refractivity contribution is -0.130. The zero-order valence-electron chi connectivity index (χ0n) is 12.6. The molecule has 0 bridgehead atoms. The van der Waals surface area contributed by atoms with E-state index in [0.29, 0.717) is 26.1 Å². The Morgan fingerprint density at radius 3 is 2.60 bits per heavy atom. The molecular formula is C16H26N2O2. The highest BCUT2D eigenvalue weighted by molar-refractivity contribution is 5.75. The van der Waals surface area contributed by atoms with Crippen molar-refractivity contribution in [1.29, 1.82) is 0 Å². The Labute approximate surface area is 121 Å². The predicted octanol–water partition coefficient (Wildman–Crippen LogP) is 2.22. The first-order valence-corrected chi connectivity index (χ1v) is 7.33. The van der Waals surface area contributed by atoms with E-state index in [4.69, 9.17) is 10.5 Å². The van der Waals surface area contributed by atoms with E-state index in [-0.39, 0.29) is 5.91 Å². The summed E-state index contributed by atoms with van der Waals surface area (Å²) in [5.74, 6) is 0.920. The molecule has 1 amide bonds. The van der Waals surface area contributed by atoms with Crippen LogP contribution in [0.25, 0.3) is 0 Å². The van der Waals surface area contributed by atoms with E-state index in [1.165, 1.54) is 5.56 Å². The van der Waals surface area contributed by atoms with Crippen molar-refractivity contribution in [2.75, 3.05) is 26.7 Å². The molecular weight excluding hydrogens is 252 g/mol. The van der Waals surface area contributed by atoms with Gasteiger partial charge < -0.3 is 15.4 Å². The van der Waals surface area contributed by atoms with Gasteiger partial charge in [-0.15, -0.1) is 0 Å². The molecule has 0 aliphatic heterocycles. The van der Waals surface area contributed by atoms with E-state index in [9.17, 15) is 4.79 Å². The van der Waals surface area contributed by atoms with Gasteiger partial charge in [-0.3, -0.25) is 4.79 Å². The Balaban J connectivity index is 2.27. The molecule has 0 aliphatic carbocycles. The second kappa shape index (κ2) is 9.37. The van der Waals surface area contributed by atoms with Crippen LogP contribution in [0, 0.1) is 0 Å². The van der Waals surface area contributed by atoms with E-state index in [0.717, 1.165) is 25.0 Å². The first-order chi connectivity index (χ1) is 9.67. The molecule has 0 aromatic heterocycles. The lowest BCUT2D eigenvalue weighted by Gasteiger charge is -2.16. The number of amides is 1. The molecule has 1 rings (SSSR count). The summed E-state index contributed by atoms with van der Waals surface area (Å²) in [5, 5.41) is 0. The molecule has 0 atom stereocenters. The number of nitrogens with zero attached hydrogens (tertiary/aromatic N) is 1. The number of carbonyl (C=O) groups excluding carboxylic acids is 1. The summed E-state index contributed by atoms with van der Waals surface area (Å²) in [7, 11) is 1.80. The van der Waals surface area contributed by atoms with E-state index in [2.05, 4.69) is 19.1 Å². The van der Waals surface area contributed by atoms with Gasteiger partial charge in [-0.25, -0.2) is 0 Å². The van der Waals surface area contributed by atoms with Crippen LogP contribution < -0.4 is 10.5 Å². The molecule has 0 spiro atoms. The van der Waals surface area contributed by atoms with Gasteiger partial charge in [-0.2, -0.15) is 0 Å². The maximum absolute atomic E-state index is 11.8. The molecule has 0 heterocycles. The zero-order chi connectivity index (χ0) is 14.8. The number of benzene rings is 1. The molecule has 2 N–H and O–H groups in total. The minimum atomic E-state index is 0.0982. The smallest absolute Gasteiger partial charge is 0.225 e. The molecule has 1 aromatic carbocycles. The average molecular weight is 278 g/mol. The van der Waals surface area contributed by atoms with Gasteiger partial charge in [0.05, 0.1) is 13.0 Å². The van der Waals surface area contributed by atoms with Crippen LogP contribution in [-0.2, 0) is 11.2 Å². The van der Waals surface area contributed by atoms with Gasteiger partial charge >= 0.3 is 0 Å². The summed E-state index contributed by atoms with van der Waals surface area (Å²) < 4.78 is 5.59. The molecule has 0 aliphatic rings. The van der Waals surface area contributed by atoms with Crippen LogP contribution in [0.2, 0.25) is 0 Å². The highest BCUT2D eigenvalue weighted by Crippen LogP contribution is 2.13. The van der Waals surface area contributed by atoms with Crippen molar-refractivity contribution in [1.82, 2.24) is 4.90 Å². The van der Waals surface area contributed by atoms with Gasteiger partial charge in [0, 0.05) is 13.6 Å². The molecule has 4 nitrogen and oxygen atoms in total. The minimum absolute atomic E-state index is 0.0982. The molecule has 0 saturated heterocycles. The van der Waals surface area contributed by atoms with Crippen molar-refractivity contribution >= 4 is 5.91 Å². The Hall–Kier alpha value is -1.55. The lowest BCUT2D eigenvalue weighted by atomic mass is 10.1. The third-order valence-electron chi connectivity index (χ3n) is 3.17. The maximum atomic E-state index is 11.8. The zero-order valence-corrected chi connectivity index (χ0v) is 12.6. The third kappa shape index (κ3) is 6.06. The van der Waals surface area contributed by atoms with E-state index in [1.807, 2.05) is 12.1 Å². The SMILES string of the molecule is CCCc1ccc(OCCC(=O)N(C)CCCN)cc1. The Morgan fingerprint density at radius 1 is 1.30 bits per heavy atom. The van der Waals surface area contributed by atoms with Crippen molar-refractivity contribution in [3.05, 3.63) is 29.8 Å². The first-order valence-electron chi connectivity index (χ1n) is 7.33.